The molecule has 2 aromatic carbocycles. The van der Waals surface area contributed by atoms with Gasteiger partial charge < -0.3 is 24.6 Å². The summed E-state index contributed by atoms with van der Waals surface area (Å²) in [6.07, 6.45) is 2.60. The van der Waals surface area contributed by atoms with Gasteiger partial charge in [-0.3, -0.25) is 4.79 Å². The molecule has 7 nitrogen and oxygen atoms in total. The van der Waals surface area contributed by atoms with Crippen LogP contribution in [0, 0.1) is 11.7 Å². The van der Waals surface area contributed by atoms with Gasteiger partial charge in [-0.15, -0.1) is 0 Å². The predicted molar refractivity (Wildman–Crippen MR) is 138 cm³/mol. The fraction of sp³-hybridized carbons (Fsp3) is 0.500. The molecule has 2 aliphatic rings. The van der Waals surface area contributed by atoms with Crippen molar-refractivity contribution in [2.45, 2.75) is 58.6 Å². The third kappa shape index (κ3) is 6.09. The number of anilines is 2. The average Bonchev–Trinajstić information content (AvgIpc) is 3.40. The summed E-state index contributed by atoms with van der Waals surface area (Å²) < 4.78 is 26.3. The quantitative estimate of drug-likeness (QED) is 0.497. The fourth-order valence-electron chi connectivity index (χ4n) is 4.79. The number of unbranched alkanes of at least 4 members (excludes halogenated alkanes) is 1. The van der Waals surface area contributed by atoms with Crippen molar-refractivity contribution in [1.29, 1.82) is 0 Å². The van der Waals surface area contributed by atoms with Gasteiger partial charge in [0.2, 0.25) is 0 Å². The monoisotopic (exact) mass is 497 g/mol. The molecule has 0 radical (unpaired) electrons. The van der Waals surface area contributed by atoms with Gasteiger partial charge in [-0.25, -0.2) is 9.18 Å². The molecule has 8 heteroatoms. The van der Waals surface area contributed by atoms with Gasteiger partial charge in [0, 0.05) is 36.8 Å². The van der Waals surface area contributed by atoms with E-state index in [0.717, 1.165) is 31.6 Å². The van der Waals surface area contributed by atoms with Crippen molar-refractivity contribution in [3.05, 3.63) is 53.8 Å². The molecule has 2 atom stereocenters. The van der Waals surface area contributed by atoms with Gasteiger partial charge in [0.1, 0.15) is 17.2 Å². The first-order valence-corrected chi connectivity index (χ1v) is 12.7. The number of rotatable bonds is 7. The normalized spacial score (nSPS) is 19.2. The minimum Gasteiger partial charge on any atom is -0.494 e. The van der Waals surface area contributed by atoms with E-state index in [2.05, 4.69) is 12.2 Å². The molecule has 0 aromatic heterocycles. The number of fused-ring (bicyclic) bond motifs is 1. The Labute approximate surface area is 212 Å². The number of halogens is 1. The number of hydrogen-bond donors (Lipinski definition) is 1. The van der Waals surface area contributed by atoms with Gasteiger partial charge in [0.25, 0.3) is 5.91 Å². The van der Waals surface area contributed by atoms with E-state index < -0.39 is 11.4 Å². The number of nitrogens with zero attached hydrogens (tertiary/aromatic N) is 2. The summed E-state index contributed by atoms with van der Waals surface area (Å²) in [6, 6.07) is 11.7. The first-order chi connectivity index (χ1) is 17.1. The number of nitrogens with one attached hydrogen (secondary N) is 1. The summed E-state index contributed by atoms with van der Waals surface area (Å²) in [4.78, 5) is 28.9. The van der Waals surface area contributed by atoms with E-state index in [-0.39, 0.29) is 24.0 Å². The highest BCUT2D eigenvalue weighted by Crippen LogP contribution is 2.37. The number of likely N-dealkylation sites (tertiary alicyclic amines) is 1. The van der Waals surface area contributed by atoms with Gasteiger partial charge in [-0.1, -0.05) is 13.3 Å². The van der Waals surface area contributed by atoms with Gasteiger partial charge in [0.05, 0.1) is 18.3 Å². The number of ether oxygens (including phenoxy) is 2. The second-order valence-corrected chi connectivity index (χ2v) is 10.5. The lowest BCUT2D eigenvalue weighted by molar-refractivity contribution is 0.0284. The molecule has 2 aromatic rings. The highest BCUT2D eigenvalue weighted by molar-refractivity contribution is 6.04. The molecule has 0 bridgehead atoms. The molecule has 194 valence electrons. The van der Waals surface area contributed by atoms with Crippen LogP contribution in [0.3, 0.4) is 0 Å². The lowest BCUT2D eigenvalue weighted by atomic mass is 10.0. The smallest absolute Gasteiger partial charge is 0.410 e. The summed E-state index contributed by atoms with van der Waals surface area (Å²) in [6.45, 7) is 10.1. The molecule has 0 spiro atoms. The number of hydrogen-bond acceptors (Lipinski definition) is 5. The Morgan fingerprint density at radius 2 is 1.86 bits per heavy atom. The topological polar surface area (TPSA) is 71.1 Å². The van der Waals surface area contributed by atoms with Crippen LogP contribution in [-0.4, -0.2) is 54.8 Å². The lowest BCUT2D eigenvalue weighted by Crippen LogP contribution is -2.39. The second-order valence-electron chi connectivity index (χ2n) is 10.5. The fourth-order valence-corrected chi connectivity index (χ4v) is 4.79. The lowest BCUT2D eigenvalue weighted by Gasteiger charge is -2.28. The first kappa shape index (κ1) is 25.8. The minimum absolute atomic E-state index is 0.0468. The van der Waals surface area contributed by atoms with Crippen LogP contribution < -0.4 is 15.0 Å². The average molecular weight is 498 g/mol. The maximum Gasteiger partial charge on any atom is 0.410 e. The Hall–Kier alpha value is -3.29. The summed E-state index contributed by atoms with van der Waals surface area (Å²) in [5, 5.41) is 2.77. The summed E-state index contributed by atoms with van der Waals surface area (Å²) >= 11 is 0. The van der Waals surface area contributed by atoms with E-state index in [1.54, 1.807) is 41.3 Å². The van der Waals surface area contributed by atoms with Crippen LogP contribution in [0.4, 0.5) is 20.6 Å². The highest BCUT2D eigenvalue weighted by Gasteiger charge is 2.44. The van der Waals surface area contributed by atoms with Crippen molar-refractivity contribution >= 4 is 23.4 Å². The summed E-state index contributed by atoms with van der Waals surface area (Å²) in [5.74, 6) is 0.290. The molecule has 2 fully saturated rings. The molecular formula is C28H36FN3O4. The molecule has 2 saturated heterocycles. The van der Waals surface area contributed by atoms with E-state index in [0.29, 0.717) is 36.6 Å². The second kappa shape index (κ2) is 10.8. The Kier molecular flexibility index (Phi) is 7.71. The zero-order chi connectivity index (χ0) is 25.9. The van der Waals surface area contributed by atoms with Crippen molar-refractivity contribution in [3.8, 4) is 5.75 Å². The molecule has 2 aliphatic heterocycles. The van der Waals surface area contributed by atoms with Crippen LogP contribution >= 0.6 is 0 Å². The number of carbonyl (C=O) groups is 2. The SMILES string of the molecule is CCCCOc1ccc(C(=O)Nc2ccc(N3CCC4CN(C(=O)OC(C)(C)C)CC43)c(F)c2)cc1. The van der Waals surface area contributed by atoms with Crippen LogP contribution in [-0.2, 0) is 4.74 Å². The van der Waals surface area contributed by atoms with Crippen molar-refractivity contribution in [1.82, 2.24) is 4.90 Å². The van der Waals surface area contributed by atoms with Crippen LogP contribution in [0.2, 0.25) is 0 Å². The Balaban J connectivity index is 1.37. The van der Waals surface area contributed by atoms with E-state index in [1.807, 2.05) is 25.7 Å². The summed E-state index contributed by atoms with van der Waals surface area (Å²) in [7, 11) is 0. The largest absolute Gasteiger partial charge is 0.494 e. The van der Waals surface area contributed by atoms with Gasteiger partial charge in [-0.05, 0) is 76.1 Å². The van der Waals surface area contributed by atoms with E-state index in [4.69, 9.17) is 9.47 Å². The van der Waals surface area contributed by atoms with Crippen molar-refractivity contribution in [2.24, 2.45) is 5.92 Å². The van der Waals surface area contributed by atoms with Crippen LogP contribution in [0.25, 0.3) is 0 Å². The molecule has 36 heavy (non-hydrogen) atoms. The zero-order valence-corrected chi connectivity index (χ0v) is 21.6. The van der Waals surface area contributed by atoms with Crippen molar-refractivity contribution < 1.29 is 23.5 Å². The standard InChI is InChI=1S/C28H36FN3O4/c1-5-6-15-35-22-10-7-19(8-11-22)26(33)30-21-9-12-24(23(29)16-21)32-14-13-20-17-31(18-25(20)32)27(34)36-28(2,3)4/h7-12,16,20,25H,5-6,13-15,17-18H2,1-4H3,(H,30,33). The molecule has 0 saturated carbocycles. The van der Waals surface area contributed by atoms with Crippen LogP contribution in [0.1, 0.15) is 57.3 Å². The van der Waals surface area contributed by atoms with E-state index >= 15 is 4.39 Å². The Morgan fingerprint density at radius 3 is 2.53 bits per heavy atom. The van der Waals surface area contributed by atoms with Gasteiger partial charge in [0.15, 0.2) is 0 Å². The van der Waals surface area contributed by atoms with Crippen LogP contribution in [0.5, 0.6) is 5.75 Å². The molecule has 0 aliphatic carbocycles. The molecule has 2 unspecified atom stereocenters. The first-order valence-electron chi connectivity index (χ1n) is 12.7. The summed E-state index contributed by atoms with van der Waals surface area (Å²) in [5.41, 5.74) is 0.797. The highest BCUT2D eigenvalue weighted by atomic mass is 19.1. The number of benzene rings is 2. The maximum atomic E-state index is 15.2. The van der Waals surface area contributed by atoms with Crippen molar-refractivity contribution in [3.63, 3.8) is 0 Å². The Bertz CT molecular complexity index is 1080. The number of carbonyl (C=O) groups excluding carboxylic acids is 2. The van der Waals surface area contributed by atoms with Crippen LogP contribution in [0.15, 0.2) is 42.5 Å². The van der Waals surface area contributed by atoms with Gasteiger partial charge in [-0.2, -0.15) is 0 Å². The number of amides is 2. The minimum atomic E-state index is -0.550. The third-order valence-electron chi connectivity index (χ3n) is 6.60. The molecule has 4 rings (SSSR count). The van der Waals surface area contributed by atoms with E-state index in [9.17, 15) is 9.59 Å². The molecular weight excluding hydrogens is 461 g/mol. The molecule has 2 heterocycles. The maximum absolute atomic E-state index is 15.2. The molecule has 2 amide bonds. The van der Waals surface area contributed by atoms with Crippen molar-refractivity contribution in [2.75, 3.05) is 36.5 Å². The Morgan fingerprint density at radius 1 is 1.11 bits per heavy atom. The van der Waals surface area contributed by atoms with E-state index in [1.165, 1.54) is 6.07 Å². The third-order valence-corrected chi connectivity index (χ3v) is 6.60. The molecule has 1 N–H and O–H groups in total. The zero-order valence-electron chi connectivity index (χ0n) is 21.6. The van der Waals surface area contributed by atoms with Gasteiger partial charge >= 0.3 is 6.09 Å². The predicted octanol–water partition coefficient (Wildman–Crippen LogP) is 5.70.